The molecule has 0 atom stereocenters. The first-order chi connectivity index (χ1) is 14.6. The second kappa shape index (κ2) is 5.57. The van der Waals surface area contributed by atoms with E-state index in [0.29, 0.717) is 11.3 Å². The van der Waals surface area contributed by atoms with Crippen molar-refractivity contribution in [2.45, 2.75) is 0 Å². The fraction of sp³-hybridized carbons (Fsp3) is 0. The van der Waals surface area contributed by atoms with Crippen LogP contribution >= 0.6 is 0 Å². The summed E-state index contributed by atoms with van der Waals surface area (Å²) >= 11 is 0. The van der Waals surface area contributed by atoms with E-state index >= 15 is 0 Å². The van der Waals surface area contributed by atoms with Gasteiger partial charge in [-0.25, -0.2) is 14.2 Å². The Labute approximate surface area is 162 Å². The number of H-pyrrole nitrogens is 3. The van der Waals surface area contributed by atoms with E-state index in [1.165, 1.54) is 44.5 Å². The molecule has 146 valence electrons. The molecule has 0 saturated carbocycles. The third kappa shape index (κ3) is 2.12. The second-order valence-electron chi connectivity index (χ2n) is 6.37. The van der Waals surface area contributed by atoms with E-state index < -0.39 is 16.7 Å². The van der Waals surface area contributed by atoms with Crippen LogP contribution in [0.4, 0.5) is 0 Å². The van der Waals surface area contributed by atoms with Gasteiger partial charge in [0, 0.05) is 18.3 Å². The van der Waals surface area contributed by atoms with E-state index in [0.717, 1.165) is 0 Å². The Morgan fingerprint density at radius 3 is 2.83 bits per heavy atom. The van der Waals surface area contributed by atoms with Crippen molar-refractivity contribution < 1.29 is 0 Å². The molecule has 6 heterocycles. The molecule has 0 aliphatic heterocycles. The number of nitrogens with zero attached hydrogens (tertiary/aromatic N) is 8. The number of hydrogen-bond acceptors (Lipinski definition) is 8. The van der Waals surface area contributed by atoms with Gasteiger partial charge in [-0.1, -0.05) is 0 Å². The van der Waals surface area contributed by atoms with Crippen molar-refractivity contribution >= 4 is 17.1 Å². The van der Waals surface area contributed by atoms with Crippen LogP contribution in [0.1, 0.15) is 0 Å². The highest BCUT2D eigenvalue weighted by atomic mass is 16.1. The Kier molecular flexibility index (Phi) is 2.99. The van der Waals surface area contributed by atoms with Crippen LogP contribution in [0.2, 0.25) is 0 Å². The minimum absolute atomic E-state index is 0.00571. The summed E-state index contributed by atoms with van der Waals surface area (Å²) in [4.78, 5) is 51.4. The molecule has 0 radical (unpaired) electrons. The summed E-state index contributed by atoms with van der Waals surface area (Å²) in [5, 5.41) is 14.8. The molecule has 0 fully saturated rings. The minimum Gasteiger partial charge on any atom is -0.307 e. The molecule has 30 heavy (non-hydrogen) atoms. The molecule has 0 amide bonds. The van der Waals surface area contributed by atoms with E-state index in [2.05, 4.69) is 40.4 Å². The lowest BCUT2D eigenvalue weighted by Crippen LogP contribution is -2.22. The van der Waals surface area contributed by atoms with Crippen LogP contribution in [0.25, 0.3) is 39.6 Å². The SMILES string of the molecule is O=c1cc(-c2c(-c3cn4[nH]ncc4nc3=O)n3ncnc3[nH]c2=O)n2nccc2[nH]1. The largest absolute Gasteiger partial charge is 0.307 e. The molecule has 6 rings (SSSR count). The first-order valence-electron chi connectivity index (χ1n) is 8.57. The second-order valence-corrected chi connectivity index (χ2v) is 6.37. The van der Waals surface area contributed by atoms with Crippen molar-refractivity contribution in [3.05, 3.63) is 68.1 Å². The summed E-state index contributed by atoms with van der Waals surface area (Å²) in [7, 11) is 0. The number of aromatic amines is 3. The molecule has 0 unspecified atom stereocenters. The van der Waals surface area contributed by atoms with Crippen molar-refractivity contribution in [2.75, 3.05) is 0 Å². The Hall–Kier alpha value is -4.88. The van der Waals surface area contributed by atoms with Crippen molar-refractivity contribution in [2.24, 2.45) is 0 Å². The normalized spacial score (nSPS) is 11.7. The van der Waals surface area contributed by atoms with Gasteiger partial charge in [-0.15, -0.1) is 0 Å². The van der Waals surface area contributed by atoms with Gasteiger partial charge >= 0.3 is 0 Å². The van der Waals surface area contributed by atoms with Crippen LogP contribution < -0.4 is 16.7 Å². The van der Waals surface area contributed by atoms with Crippen LogP contribution in [0.5, 0.6) is 0 Å². The standard InChI is InChI=1S/C16H9N11O3/c28-11-3-8(26-9(21-11)1-2-19-26)12-13(27-16(17-6-20-27)23-15(12)30)7-5-25-10(4-18-24-25)22-14(7)29/h1-6,24H,(H,21,28)(H,17,20,23,30). The molecule has 6 aromatic heterocycles. The van der Waals surface area contributed by atoms with Gasteiger partial charge in [0.1, 0.15) is 12.0 Å². The van der Waals surface area contributed by atoms with Crippen LogP contribution in [-0.4, -0.2) is 54.0 Å². The first-order valence-corrected chi connectivity index (χ1v) is 8.57. The summed E-state index contributed by atoms with van der Waals surface area (Å²) in [5.74, 6) is 0.120. The van der Waals surface area contributed by atoms with Crippen molar-refractivity contribution in [3.8, 4) is 22.5 Å². The zero-order chi connectivity index (χ0) is 20.4. The van der Waals surface area contributed by atoms with Crippen molar-refractivity contribution in [1.82, 2.24) is 54.0 Å². The summed E-state index contributed by atoms with van der Waals surface area (Å²) < 4.78 is 4.11. The summed E-state index contributed by atoms with van der Waals surface area (Å²) in [6.07, 6.45) is 5.55. The molecular formula is C16H9N11O3. The summed E-state index contributed by atoms with van der Waals surface area (Å²) in [6, 6.07) is 2.80. The molecule has 0 bridgehead atoms. The average Bonchev–Trinajstić information content (AvgIpc) is 3.45. The molecule has 3 N–H and O–H groups in total. The van der Waals surface area contributed by atoms with E-state index in [9.17, 15) is 14.4 Å². The average molecular weight is 403 g/mol. The number of aromatic nitrogens is 11. The number of rotatable bonds is 2. The van der Waals surface area contributed by atoms with Gasteiger partial charge in [0.15, 0.2) is 5.65 Å². The van der Waals surface area contributed by atoms with Gasteiger partial charge in [-0.2, -0.15) is 29.8 Å². The predicted molar refractivity (Wildman–Crippen MR) is 101 cm³/mol. The molecule has 6 aromatic rings. The fourth-order valence-electron chi connectivity index (χ4n) is 3.42. The van der Waals surface area contributed by atoms with Gasteiger partial charge in [-0.3, -0.25) is 19.4 Å². The van der Waals surface area contributed by atoms with Gasteiger partial charge < -0.3 is 4.98 Å². The fourth-order valence-corrected chi connectivity index (χ4v) is 3.42. The number of hydrogen-bond donors (Lipinski definition) is 3. The first kappa shape index (κ1) is 16.1. The zero-order valence-electron chi connectivity index (χ0n) is 14.8. The monoisotopic (exact) mass is 403 g/mol. The van der Waals surface area contributed by atoms with Gasteiger partial charge in [-0.05, 0) is 0 Å². The predicted octanol–water partition coefficient (Wildman–Crippen LogP) is -1.18. The van der Waals surface area contributed by atoms with Gasteiger partial charge in [0.05, 0.1) is 34.9 Å². The van der Waals surface area contributed by atoms with Crippen LogP contribution in [0.3, 0.4) is 0 Å². The maximum absolute atomic E-state index is 13.1. The molecule has 0 spiro atoms. The highest BCUT2D eigenvalue weighted by Gasteiger charge is 2.23. The topological polar surface area (TPSA) is 176 Å². The Morgan fingerprint density at radius 2 is 1.93 bits per heavy atom. The third-order valence-corrected chi connectivity index (χ3v) is 4.65. The Morgan fingerprint density at radius 1 is 1.03 bits per heavy atom. The van der Waals surface area contributed by atoms with Crippen LogP contribution in [0.15, 0.2) is 51.4 Å². The molecule has 0 aliphatic carbocycles. The Bertz CT molecular complexity index is 1780. The van der Waals surface area contributed by atoms with E-state index in [4.69, 9.17) is 0 Å². The minimum atomic E-state index is -0.610. The van der Waals surface area contributed by atoms with E-state index in [1.807, 2.05) is 0 Å². The number of nitrogens with one attached hydrogen (secondary N) is 3. The highest BCUT2D eigenvalue weighted by Crippen LogP contribution is 2.26. The summed E-state index contributed by atoms with van der Waals surface area (Å²) in [6.45, 7) is 0. The number of fused-ring (bicyclic) bond motifs is 3. The third-order valence-electron chi connectivity index (χ3n) is 4.65. The van der Waals surface area contributed by atoms with E-state index in [1.54, 1.807) is 6.07 Å². The molecule has 14 nitrogen and oxygen atoms in total. The van der Waals surface area contributed by atoms with E-state index in [-0.39, 0.29) is 28.3 Å². The Balaban J connectivity index is 1.84. The quantitative estimate of drug-likeness (QED) is 0.323. The zero-order valence-corrected chi connectivity index (χ0v) is 14.8. The van der Waals surface area contributed by atoms with Crippen molar-refractivity contribution in [3.63, 3.8) is 0 Å². The van der Waals surface area contributed by atoms with Crippen molar-refractivity contribution in [1.29, 1.82) is 0 Å². The van der Waals surface area contributed by atoms with Gasteiger partial charge in [0.25, 0.3) is 16.7 Å². The summed E-state index contributed by atoms with van der Waals surface area (Å²) in [5.41, 5.74) is -0.628. The lowest BCUT2D eigenvalue weighted by Gasteiger charge is -2.11. The van der Waals surface area contributed by atoms with Crippen LogP contribution in [-0.2, 0) is 0 Å². The molecular weight excluding hydrogens is 394 g/mol. The smallest absolute Gasteiger partial charge is 0.282 e. The molecule has 0 aliphatic rings. The molecule has 0 aromatic carbocycles. The lowest BCUT2D eigenvalue weighted by molar-refractivity contribution is 0.841. The lowest BCUT2D eigenvalue weighted by atomic mass is 10.1. The van der Waals surface area contributed by atoms with Crippen LogP contribution in [0, 0.1) is 0 Å². The highest BCUT2D eigenvalue weighted by molar-refractivity contribution is 5.80. The van der Waals surface area contributed by atoms with Gasteiger partial charge in [0.2, 0.25) is 5.78 Å². The maximum atomic E-state index is 13.1. The molecule has 14 heteroatoms. The maximum Gasteiger partial charge on any atom is 0.282 e. The molecule has 0 saturated heterocycles.